The molecular weight excluding hydrogens is 696 g/mol. The molecule has 15 nitrogen and oxygen atoms in total. The molecular formula is C38H56O15. The number of hydrogen-bond donors (Lipinski definition) is 5. The molecule has 3 aliphatic heterocycles. The lowest BCUT2D eigenvalue weighted by molar-refractivity contribution is -0.345. The number of aliphatic hydroxyl groups is 5. The first kappa shape index (κ1) is 39.2. The number of ether oxygens (including phenoxy) is 7. The number of fused-ring (bicyclic) bond motifs is 5. The van der Waals surface area contributed by atoms with Gasteiger partial charge in [0.15, 0.2) is 12.6 Å². The molecule has 0 aromatic heterocycles. The Balaban J connectivity index is 1.02. The third-order valence-corrected chi connectivity index (χ3v) is 14.4. The fourth-order valence-electron chi connectivity index (χ4n) is 11.9. The molecule has 7 rings (SSSR count). The van der Waals surface area contributed by atoms with E-state index in [9.17, 15) is 39.9 Å². The van der Waals surface area contributed by atoms with Gasteiger partial charge in [-0.1, -0.05) is 6.92 Å². The third kappa shape index (κ3) is 6.50. The summed E-state index contributed by atoms with van der Waals surface area (Å²) in [7, 11) is 1.53. The fraction of sp³-hybridized carbons (Fsp3) is 0.868. The molecule has 4 saturated carbocycles. The number of rotatable bonds is 9. The first-order valence-corrected chi connectivity index (χ1v) is 19.2. The van der Waals surface area contributed by atoms with Crippen LogP contribution in [-0.4, -0.2) is 137 Å². The molecule has 0 aromatic carbocycles. The predicted molar refractivity (Wildman–Crippen MR) is 180 cm³/mol. The second-order valence-corrected chi connectivity index (χ2v) is 16.9. The van der Waals surface area contributed by atoms with Crippen LogP contribution < -0.4 is 0 Å². The van der Waals surface area contributed by atoms with Gasteiger partial charge in [-0.3, -0.25) is 4.79 Å². The molecule has 5 N–H and O–H groups in total. The zero-order chi connectivity index (χ0) is 38.0. The van der Waals surface area contributed by atoms with Crippen molar-refractivity contribution in [3.05, 3.63) is 11.6 Å². The van der Waals surface area contributed by atoms with Crippen LogP contribution in [0.15, 0.2) is 11.6 Å². The van der Waals surface area contributed by atoms with Gasteiger partial charge < -0.3 is 63.5 Å². The van der Waals surface area contributed by atoms with Crippen molar-refractivity contribution in [3.8, 4) is 0 Å². The van der Waals surface area contributed by atoms with Gasteiger partial charge in [-0.15, -0.1) is 0 Å². The van der Waals surface area contributed by atoms with Gasteiger partial charge >= 0.3 is 11.9 Å². The first-order valence-electron chi connectivity index (χ1n) is 19.2. The molecule has 0 spiro atoms. The van der Waals surface area contributed by atoms with E-state index in [2.05, 4.69) is 0 Å². The van der Waals surface area contributed by atoms with Crippen molar-refractivity contribution in [3.63, 3.8) is 0 Å². The number of esters is 2. The van der Waals surface area contributed by atoms with Crippen LogP contribution in [0.5, 0.6) is 0 Å². The smallest absolute Gasteiger partial charge is 0.331 e. The minimum atomic E-state index is -1.58. The number of cyclic esters (lactones) is 1. The van der Waals surface area contributed by atoms with Crippen molar-refractivity contribution in [1.82, 2.24) is 0 Å². The Morgan fingerprint density at radius 2 is 1.77 bits per heavy atom. The molecule has 18 atom stereocenters. The number of hydrogen-bond acceptors (Lipinski definition) is 15. The molecule has 2 saturated heterocycles. The van der Waals surface area contributed by atoms with E-state index in [0.717, 1.165) is 24.7 Å². The molecule has 15 heteroatoms. The number of aldehydes is 1. The van der Waals surface area contributed by atoms with Crippen LogP contribution in [0.25, 0.3) is 0 Å². The maximum atomic E-state index is 13.3. The van der Waals surface area contributed by atoms with Crippen molar-refractivity contribution in [2.45, 2.75) is 152 Å². The average Bonchev–Trinajstić information content (AvgIpc) is 3.64. The Kier molecular flexibility index (Phi) is 10.9. The standard InChI is InChI=1S/C38H56O15/c1-18-34(53-35-33(45)32(44)31(43)27(15-39)52-35)25(47-4)13-29(49-18)51-22-7-10-37(17-40)21(12-22)5-6-24-23(37)8-9-36(3)30(20-11-28(42)48-16-20)26(50-19(2)41)14-38(24,36)46/h11,17-18,21-27,29-35,39,43-46H,5-10,12-16H2,1-4H3/t18-,21-,22+,23+,24-,25-,26+,27-,29+,30+,31-,32+,33-,34+,35+,36-,37-,38+/m1/s1. The van der Waals surface area contributed by atoms with Crippen molar-refractivity contribution in [1.29, 1.82) is 0 Å². The van der Waals surface area contributed by atoms with Gasteiger partial charge in [-0.2, -0.15) is 0 Å². The van der Waals surface area contributed by atoms with Gasteiger partial charge in [-0.25, -0.2) is 4.79 Å². The summed E-state index contributed by atoms with van der Waals surface area (Å²) < 4.78 is 41.3. The third-order valence-electron chi connectivity index (χ3n) is 14.4. The second-order valence-electron chi connectivity index (χ2n) is 16.9. The zero-order valence-electron chi connectivity index (χ0n) is 30.9. The van der Waals surface area contributed by atoms with Gasteiger partial charge in [0.25, 0.3) is 0 Å². The van der Waals surface area contributed by atoms with E-state index in [-0.39, 0.29) is 42.8 Å². The Labute approximate surface area is 309 Å². The molecule has 0 bridgehead atoms. The monoisotopic (exact) mass is 752 g/mol. The molecule has 3 heterocycles. The van der Waals surface area contributed by atoms with Crippen LogP contribution in [-0.2, 0) is 47.5 Å². The SMILES string of the molecule is CO[C@@H]1C[C@H](O[C@H]2CC[C@@]3(C=O)[C@H](CC[C@@H]4[C@@H]3CC[C@]3(C)[C@@H](C5=CC(=O)OC5)[C@@H](OC(C)=O)C[C@]43O)C2)O[C@H](C)[C@@H]1O[C@@H]1O[C@H](CO)[C@@H](O)[C@H](O)[C@H]1O. The Hall–Kier alpha value is -2.05. The number of aliphatic hydroxyl groups excluding tert-OH is 4. The van der Waals surface area contributed by atoms with Crippen molar-refractivity contribution >= 4 is 18.2 Å². The molecule has 0 aromatic rings. The van der Waals surface area contributed by atoms with Gasteiger partial charge in [-0.05, 0) is 75.2 Å². The molecule has 0 unspecified atom stereocenters. The summed E-state index contributed by atoms with van der Waals surface area (Å²) >= 11 is 0. The van der Waals surface area contributed by atoms with Crippen LogP contribution in [0.4, 0.5) is 0 Å². The topological polar surface area (TPSA) is 217 Å². The first-order chi connectivity index (χ1) is 25.2. The lowest BCUT2D eigenvalue weighted by atomic mass is 9.43. The van der Waals surface area contributed by atoms with Gasteiger partial charge in [0.05, 0.1) is 30.5 Å². The molecule has 298 valence electrons. The minimum absolute atomic E-state index is 0.0412. The quantitative estimate of drug-likeness (QED) is 0.124. The highest BCUT2D eigenvalue weighted by molar-refractivity contribution is 5.85. The van der Waals surface area contributed by atoms with Crippen LogP contribution in [0.2, 0.25) is 0 Å². The summed E-state index contributed by atoms with van der Waals surface area (Å²) in [5.41, 5.74) is -1.78. The summed E-state index contributed by atoms with van der Waals surface area (Å²) in [6, 6.07) is 0. The maximum Gasteiger partial charge on any atom is 0.331 e. The van der Waals surface area contributed by atoms with E-state index in [0.29, 0.717) is 38.5 Å². The summed E-state index contributed by atoms with van der Waals surface area (Å²) in [5, 5.41) is 53.3. The van der Waals surface area contributed by atoms with Crippen molar-refractivity contribution < 1.29 is 73.1 Å². The summed E-state index contributed by atoms with van der Waals surface area (Å²) in [5.74, 6) is -1.44. The van der Waals surface area contributed by atoms with Crippen LogP contribution in [0, 0.1) is 34.5 Å². The van der Waals surface area contributed by atoms with Crippen LogP contribution >= 0.6 is 0 Å². The molecule has 7 aliphatic rings. The van der Waals surface area contributed by atoms with E-state index in [1.807, 2.05) is 6.92 Å². The minimum Gasteiger partial charge on any atom is -0.462 e. The second kappa shape index (κ2) is 14.8. The fourth-order valence-corrected chi connectivity index (χ4v) is 11.9. The summed E-state index contributed by atoms with van der Waals surface area (Å²) in [6.45, 7) is 4.73. The Morgan fingerprint density at radius 3 is 2.43 bits per heavy atom. The molecule has 0 amide bonds. The van der Waals surface area contributed by atoms with E-state index in [1.54, 1.807) is 6.92 Å². The zero-order valence-corrected chi connectivity index (χ0v) is 30.9. The molecule has 6 fully saturated rings. The van der Waals surface area contributed by atoms with Crippen molar-refractivity contribution in [2.75, 3.05) is 20.3 Å². The van der Waals surface area contributed by atoms with E-state index >= 15 is 0 Å². The molecule has 53 heavy (non-hydrogen) atoms. The molecule has 4 aliphatic carbocycles. The van der Waals surface area contributed by atoms with Gasteiger partial charge in [0.1, 0.15) is 49.5 Å². The number of carbonyl (C=O) groups is 3. The Bertz CT molecular complexity index is 1420. The van der Waals surface area contributed by atoms with Crippen molar-refractivity contribution in [2.24, 2.45) is 34.5 Å². The Morgan fingerprint density at radius 1 is 1.00 bits per heavy atom. The largest absolute Gasteiger partial charge is 0.462 e. The average molecular weight is 753 g/mol. The highest BCUT2D eigenvalue weighted by Gasteiger charge is 2.71. The summed E-state index contributed by atoms with van der Waals surface area (Å²) in [4.78, 5) is 37.7. The maximum absolute atomic E-state index is 13.3. The predicted octanol–water partition coefficient (Wildman–Crippen LogP) is 0.684. The normalized spacial score (nSPS) is 51.0. The summed E-state index contributed by atoms with van der Waals surface area (Å²) in [6.07, 6.45) is -2.54. The van der Waals surface area contributed by atoms with E-state index < -0.39 is 96.4 Å². The lowest BCUT2D eigenvalue weighted by Gasteiger charge is -2.62. The van der Waals surface area contributed by atoms with Gasteiger partial charge in [0, 0.05) is 49.7 Å². The number of carbonyl (C=O) groups excluding carboxylic acids is 3. The molecule has 0 radical (unpaired) electrons. The van der Waals surface area contributed by atoms with Crippen LogP contribution in [0.3, 0.4) is 0 Å². The highest BCUT2D eigenvalue weighted by atomic mass is 16.7. The number of methoxy groups -OCH3 is 1. The van der Waals surface area contributed by atoms with E-state index in [4.69, 9.17) is 33.2 Å². The van der Waals surface area contributed by atoms with E-state index in [1.165, 1.54) is 20.1 Å². The van der Waals surface area contributed by atoms with Crippen LogP contribution in [0.1, 0.15) is 78.6 Å². The lowest BCUT2D eigenvalue weighted by Crippen LogP contribution is -2.63. The highest BCUT2D eigenvalue weighted by Crippen LogP contribution is 2.70. The van der Waals surface area contributed by atoms with Gasteiger partial charge in [0.2, 0.25) is 0 Å².